The Labute approximate surface area is 123 Å². The molecule has 2 aromatic rings. The minimum Gasteiger partial charge on any atom is -0.397 e. The van der Waals surface area contributed by atoms with E-state index >= 15 is 0 Å². The number of nitrogens with one attached hydrogen (secondary N) is 1. The van der Waals surface area contributed by atoms with Crippen molar-refractivity contribution in [3.8, 4) is 0 Å². The molecule has 0 saturated carbocycles. The van der Waals surface area contributed by atoms with Crippen molar-refractivity contribution in [2.24, 2.45) is 5.92 Å². The molecule has 0 aromatic carbocycles. The fourth-order valence-corrected chi connectivity index (χ4v) is 3.33. The quantitative estimate of drug-likeness (QED) is 0.908. The van der Waals surface area contributed by atoms with Gasteiger partial charge in [-0.25, -0.2) is 4.98 Å². The lowest BCUT2D eigenvalue weighted by Gasteiger charge is -2.06. The molecule has 0 atom stereocenters. The Morgan fingerprint density at radius 2 is 2.15 bits per heavy atom. The minimum absolute atomic E-state index is 0.0943. The van der Waals surface area contributed by atoms with Crippen molar-refractivity contribution in [1.82, 2.24) is 10.3 Å². The van der Waals surface area contributed by atoms with Crippen molar-refractivity contribution in [2.45, 2.75) is 34.1 Å². The first-order valence-corrected chi connectivity index (χ1v) is 7.66. The van der Waals surface area contributed by atoms with Gasteiger partial charge in [0.1, 0.15) is 9.71 Å². The summed E-state index contributed by atoms with van der Waals surface area (Å²) in [5.74, 6) is 0.477. The van der Waals surface area contributed by atoms with Crippen LogP contribution < -0.4 is 11.1 Å². The van der Waals surface area contributed by atoms with Gasteiger partial charge >= 0.3 is 0 Å². The van der Waals surface area contributed by atoms with Crippen LogP contribution in [0.15, 0.2) is 6.07 Å². The third-order valence-corrected chi connectivity index (χ3v) is 4.34. The average Bonchev–Trinajstić information content (AvgIpc) is 2.65. The van der Waals surface area contributed by atoms with Gasteiger partial charge in [-0.3, -0.25) is 4.79 Å². The molecule has 0 saturated heterocycles. The molecule has 3 N–H and O–H groups in total. The second-order valence-corrected chi connectivity index (χ2v) is 6.54. The monoisotopic (exact) mass is 291 g/mol. The van der Waals surface area contributed by atoms with Crippen LogP contribution in [0.3, 0.4) is 0 Å². The predicted molar refractivity (Wildman–Crippen MR) is 85.3 cm³/mol. The number of hydrogen-bond donors (Lipinski definition) is 2. The van der Waals surface area contributed by atoms with Crippen LogP contribution in [0.4, 0.5) is 5.69 Å². The van der Waals surface area contributed by atoms with Crippen LogP contribution in [-0.2, 0) is 0 Å². The number of fused-ring (bicyclic) bond motifs is 1. The molecule has 0 aliphatic rings. The molecule has 0 bridgehead atoms. The zero-order valence-corrected chi connectivity index (χ0v) is 13.2. The van der Waals surface area contributed by atoms with E-state index in [1.807, 2.05) is 19.9 Å². The Kier molecular flexibility index (Phi) is 4.28. The number of anilines is 1. The van der Waals surface area contributed by atoms with Crippen LogP contribution in [0.2, 0.25) is 0 Å². The molecule has 1 amide bonds. The highest BCUT2D eigenvalue weighted by molar-refractivity contribution is 7.21. The Morgan fingerprint density at radius 1 is 1.45 bits per heavy atom. The zero-order chi connectivity index (χ0) is 14.9. The Hall–Kier alpha value is -1.62. The maximum atomic E-state index is 12.2. The Morgan fingerprint density at radius 3 is 2.80 bits per heavy atom. The van der Waals surface area contributed by atoms with Gasteiger partial charge in [0, 0.05) is 17.6 Å². The third kappa shape index (κ3) is 2.93. The van der Waals surface area contributed by atoms with Gasteiger partial charge in [-0.05, 0) is 37.8 Å². The molecule has 2 rings (SSSR count). The first-order chi connectivity index (χ1) is 9.40. The standard InChI is InChI=1S/C15H21N3OS/c1-8(2)5-6-17-14(19)13-12(16)11-9(3)7-10(4)18-15(11)20-13/h7-8H,5-6,16H2,1-4H3,(H,17,19). The topological polar surface area (TPSA) is 68.0 Å². The normalized spacial score (nSPS) is 11.2. The number of nitrogens with two attached hydrogens (primary N) is 1. The highest BCUT2D eigenvalue weighted by Crippen LogP contribution is 2.34. The summed E-state index contributed by atoms with van der Waals surface area (Å²) in [6, 6.07) is 1.99. The van der Waals surface area contributed by atoms with Crippen LogP contribution in [-0.4, -0.2) is 17.4 Å². The summed E-state index contributed by atoms with van der Waals surface area (Å²) < 4.78 is 0. The SMILES string of the molecule is Cc1cc(C)c2c(N)c(C(=O)NCCC(C)C)sc2n1. The number of aryl methyl sites for hydroxylation is 2. The van der Waals surface area contributed by atoms with Gasteiger partial charge in [0.15, 0.2) is 0 Å². The van der Waals surface area contributed by atoms with Gasteiger partial charge in [0.25, 0.3) is 5.91 Å². The van der Waals surface area contributed by atoms with Crippen molar-refractivity contribution < 1.29 is 4.79 Å². The molecule has 2 aromatic heterocycles. The number of carbonyl (C=O) groups excluding carboxylic acids is 1. The fraction of sp³-hybridized carbons (Fsp3) is 0.467. The summed E-state index contributed by atoms with van der Waals surface area (Å²) in [7, 11) is 0. The molecule has 4 nitrogen and oxygen atoms in total. The molecule has 0 spiro atoms. The number of thiophene rings is 1. The van der Waals surface area contributed by atoms with Crippen molar-refractivity contribution in [2.75, 3.05) is 12.3 Å². The van der Waals surface area contributed by atoms with E-state index in [-0.39, 0.29) is 5.91 Å². The number of hydrogen-bond acceptors (Lipinski definition) is 4. The second-order valence-electron chi connectivity index (χ2n) is 5.54. The van der Waals surface area contributed by atoms with E-state index in [4.69, 9.17) is 5.73 Å². The van der Waals surface area contributed by atoms with Crippen molar-refractivity contribution in [3.63, 3.8) is 0 Å². The van der Waals surface area contributed by atoms with E-state index in [9.17, 15) is 4.79 Å². The molecular formula is C15H21N3OS. The van der Waals surface area contributed by atoms with E-state index in [1.165, 1.54) is 11.3 Å². The second kappa shape index (κ2) is 5.79. The number of amides is 1. The molecule has 0 radical (unpaired) electrons. The highest BCUT2D eigenvalue weighted by Gasteiger charge is 2.18. The summed E-state index contributed by atoms with van der Waals surface area (Å²) >= 11 is 1.37. The maximum absolute atomic E-state index is 12.2. The van der Waals surface area contributed by atoms with Crippen molar-refractivity contribution >= 4 is 33.1 Å². The van der Waals surface area contributed by atoms with E-state index in [1.54, 1.807) is 0 Å². The van der Waals surface area contributed by atoms with E-state index in [0.29, 0.717) is 23.0 Å². The average molecular weight is 291 g/mol. The molecule has 20 heavy (non-hydrogen) atoms. The Balaban J connectivity index is 2.29. The Bertz CT molecular complexity index is 646. The van der Waals surface area contributed by atoms with Gasteiger partial charge < -0.3 is 11.1 Å². The van der Waals surface area contributed by atoms with Gasteiger partial charge in [0.05, 0.1) is 5.69 Å². The number of nitrogens with zero attached hydrogens (tertiary/aromatic N) is 1. The first kappa shape index (κ1) is 14.8. The largest absolute Gasteiger partial charge is 0.397 e. The molecule has 108 valence electrons. The van der Waals surface area contributed by atoms with Crippen LogP contribution in [0.5, 0.6) is 0 Å². The van der Waals surface area contributed by atoms with Crippen LogP contribution >= 0.6 is 11.3 Å². The molecular weight excluding hydrogens is 270 g/mol. The van der Waals surface area contributed by atoms with E-state index in [2.05, 4.69) is 24.1 Å². The van der Waals surface area contributed by atoms with Gasteiger partial charge in [0.2, 0.25) is 0 Å². The van der Waals surface area contributed by atoms with Crippen molar-refractivity contribution in [3.05, 3.63) is 22.2 Å². The number of nitrogen functional groups attached to an aromatic ring is 1. The summed E-state index contributed by atoms with van der Waals surface area (Å²) in [4.78, 5) is 18.1. The third-order valence-electron chi connectivity index (χ3n) is 3.24. The molecule has 0 fully saturated rings. The molecule has 2 heterocycles. The number of carbonyl (C=O) groups is 1. The van der Waals surface area contributed by atoms with Crippen LogP contribution in [0, 0.1) is 19.8 Å². The zero-order valence-electron chi connectivity index (χ0n) is 12.4. The first-order valence-electron chi connectivity index (χ1n) is 6.84. The summed E-state index contributed by atoms with van der Waals surface area (Å²) in [5, 5.41) is 3.84. The van der Waals surface area contributed by atoms with E-state index in [0.717, 1.165) is 27.9 Å². The fourth-order valence-electron chi connectivity index (χ4n) is 2.19. The summed E-state index contributed by atoms with van der Waals surface area (Å²) in [6.45, 7) is 8.90. The van der Waals surface area contributed by atoms with Gasteiger partial charge in [-0.2, -0.15) is 0 Å². The van der Waals surface area contributed by atoms with Crippen LogP contribution in [0.25, 0.3) is 10.2 Å². The lowest BCUT2D eigenvalue weighted by Crippen LogP contribution is -2.25. The predicted octanol–water partition coefficient (Wildman–Crippen LogP) is 3.27. The number of pyridine rings is 1. The maximum Gasteiger partial charge on any atom is 0.263 e. The smallest absolute Gasteiger partial charge is 0.263 e. The molecule has 5 heteroatoms. The molecule has 0 aliphatic carbocycles. The molecule has 0 unspecified atom stereocenters. The minimum atomic E-state index is -0.0943. The van der Waals surface area contributed by atoms with Gasteiger partial charge in [-0.1, -0.05) is 13.8 Å². The number of aromatic nitrogens is 1. The van der Waals surface area contributed by atoms with Crippen LogP contribution in [0.1, 0.15) is 41.2 Å². The molecule has 0 aliphatic heterocycles. The lowest BCUT2D eigenvalue weighted by molar-refractivity contribution is 0.0957. The summed E-state index contributed by atoms with van der Waals surface area (Å²) in [5.41, 5.74) is 8.70. The van der Waals surface area contributed by atoms with Crippen molar-refractivity contribution in [1.29, 1.82) is 0 Å². The highest BCUT2D eigenvalue weighted by atomic mass is 32.1. The summed E-state index contributed by atoms with van der Waals surface area (Å²) in [6.07, 6.45) is 0.965. The van der Waals surface area contributed by atoms with E-state index < -0.39 is 0 Å². The van der Waals surface area contributed by atoms with Gasteiger partial charge in [-0.15, -0.1) is 11.3 Å². The lowest BCUT2D eigenvalue weighted by atomic mass is 10.1. The number of rotatable bonds is 4.